The summed E-state index contributed by atoms with van der Waals surface area (Å²) in [5, 5.41) is 11.4. The molecule has 1 N–H and O–H groups in total. The standard InChI is InChI=1S/C9H13N5S/c1-10-8(9-6-11-13-15-9)5-7-3-4-14(2)12-7/h3-4,6,8,10H,5H2,1-2H3. The van der Waals surface area contributed by atoms with Crippen LogP contribution in [0.1, 0.15) is 16.6 Å². The normalized spacial score (nSPS) is 12.9. The first-order valence-electron chi connectivity index (χ1n) is 4.72. The lowest BCUT2D eigenvalue weighted by molar-refractivity contribution is 0.585. The van der Waals surface area contributed by atoms with E-state index in [4.69, 9.17) is 0 Å². The number of aryl methyl sites for hydroxylation is 1. The van der Waals surface area contributed by atoms with E-state index in [2.05, 4.69) is 20.0 Å². The summed E-state index contributed by atoms with van der Waals surface area (Å²) in [6, 6.07) is 2.28. The first kappa shape index (κ1) is 10.3. The van der Waals surface area contributed by atoms with Gasteiger partial charge in [0.2, 0.25) is 0 Å². The monoisotopic (exact) mass is 223 g/mol. The van der Waals surface area contributed by atoms with Crippen LogP contribution in [0.25, 0.3) is 0 Å². The van der Waals surface area contributed by atoms with Crippen molar-refractivity contribution in [3.8, 4) is 0 Å². The molecule has 0 saturated heterocycles. The highest BCUT2D eigenvalue weighted by atomic mass is 32.1. The average Bonchev–Trinajstić information content (AvgIpc) is 2.85. The van der Waals surface area contributed by atoms with Gasteiger partial charge in [-0.1, -0.05) is 4.49 Å². The Labute approximate surface area is 92.3 Å². The molecule has 0 spiro atoms. The lowest BCUT2D eigenvalue weighted by Crippen LogP contribution is -2.18. The van der Waals surface area contributed by atoms with Crippen LogP contribution in [0.15, 0.2) is 18.5 Å². The smallest absolute Gasteiger partial charge is 0.0669 e. The van der Waals surface area contributed by atoms with Crippen LogP contribution in [-0.2, 0) is 13.5 Å². The Morgan fingerprint density at radius 2 is 2.47 bits per heavy atom. The second-order valence-corrected chi connectivity index (χ2v) is 4.16. The number of nitrogens with zero attached hydrogens (tertiary/aromatic N) is 4. The third-order valence-corrected chi connectivity index (χ3v) is 3.03. The molecule has 1 unspecified atom stereocenters. The second kappa shape index (κ2) is 4.50. The average molecular weight is 223 g/mol. The van der Waals surface area contributed by atoms with Gasteiger partial charge in [0.15, 0.2) is 0 Å². The van der Waals surface area contributed by atoms with E-state index in [0.717, 1.165) is 17.0 Å². The molecule has 6 heteroatoms. The van der Waals surface area contributed by atoms with Gasteiger partial charge in [0.05, 0.1) is 22.8 Å². The maximum Gasteiger partial charge on any atom is 0.0669 e. The quantitative estimate of drug-likeness (QED) is 0.832. The largest absolute Gasteiger partial charge is 0.312 e. The molecule has 0 saturated carbocycles. The number of likely N-dealkylation sites (N-methyl/N-ethyl adjacent to an activating group) is 1. The molecule has 0 radical (unpaired) electrons. The first-order valence-corrected chi connectivity index (χ1v) is 5.50. The van der Waals surface area contributed by atoms with Gasteiger partial charge in [0.1, 0.15) is 0 Å². The van der Waals surface area contributed by atoms with Crippen molar-refractivity contribution < 1.29 is 0 Å². The Morgan fingerprint density at radius 1 is 1.60 bits per heavy atom. The van der Waals surface area contributed by atoms with Crippen molar-refractivity contribution in [2.24, 2.45) is 7.05 Å². The van der Waals surface area contributed by atoms with E-state index in [0.29, 0.717) is 0 Å². The minimum atomic E-state index is 0.250. The van der Waals surface area contributed by atoms with Crippen LogP contribution in [0.4, 0.5) is 0 Å². The van der Waals surface area contributed by atoms with E-state index in [-0.39, 0.29) is 6.04 Å². The van der Waals surface area contributed by atoms with Crippen LogP contribution in [-0.4, -0.2) is 26.4 Å². The van der Waals surface area contributed by atoms with Gasteiger partial charge in [-0.2, -0.15) is 5.10 Å². The van der Waals surface area contributed by atoms with Crippen molar-refractivity contribution in [1.29, 1.82) is 0 Å². The molecule has 2 aromatic heterocycles. The zero-order valence-electron chi connectivity index (χ0n) is 8.71. The molecule has 0 aromatic carbocycles. The first-order chi connectivity index (χ1) is 7.29. The van der Waals surface area contributed by atoms with Crippen molar-refractivity contribution >= 4 is 11.5 Å². The Kier molecular flexibility index (Phi) is 3.08. The number of hydrogen-bond acceptors (Lipinski definition) is 5. The van der Waals surface area contributed by atoms with Crippen molar-refractivity contribution in [2.75, 3.05) is 7.05 Å². The Balaban J connectivity index is 2.09. The predicted molar refractivity (Wildman–Crippen MR) is 58.6 cm³/mol. The summed E-state index contributed by atoms with van der Waals surface area (Å²) < 4.78 is 5.68. The maximum atomic E-state index is 4.35. The lowest BCUT2D eigenvalue weighted by Gasteiger charge is -2.11. The molecule has 2 heterocycles. The van der Waals surface area contributed by atoms with E-state index in [9.17, 15) is 0 Å². The molecule has 1 atom stereocenters. The fourth-order valence-electron chi connectivity index (χ4n) is 1.45. The number of nitrogens with one attached hydrogen (secondary N) is 1. The summed E-state index contributed by atoms with van der Waals surface area (Å²) in [6.45, 7) is 0. The van der Waals surface area contributed by atoms with Gasteiger partial charge >= 0.3 is 0 Å². The number of rotatable bonds is 4. The van der Waals surface area contributed by atoms with Crippen LogP contribution < -0.4 is 5.32 Å². The molecular formula is C9H13N5S. The fourth-order valence-corrected chi connectivity index (χ4v) is 2.07. The van der Waals surface area contributed by atoms with Crippen molar-refractivity contribution in [3.63, 3.8) is 0 Å². The summed E-state index contributed by atoms with van der Waals surface area (Å²) in [7, 11) is 3.86. The van der Waals surface area contributed by atoms with Crippen LogP contribution in [0.2, 0.25) is 0 Å². The third-order valence-electron chi connectivity index (χ3n) is 2.25. The Bertz CT molecular complexity index is 408. The molecule has 80 valence electrons. The second-order valence-electron chi connectivity index (χ2n) is 3.35. The van der Waals surface area contributed by atoms with E-state index in [1.165, 1.54) is 11.5 Å². The van der Waals surface area contributed by atoms with Gasteiger partial charge < -0.3 is 5.32 Å². The van der Waals surface area contributed by atoms with Gasteiger partial charge in [-0.3, -0.25) is 4.68 Å². The summed E-state index contributed by atoms with van der Waals surface area (Å²) in [6.07, 6.45) is 4.61. The molecule has 0 aliphatic rings. The van der Waals surface area contributed by atoms with Crippen LogP contribution in [0.5, 0.6) is 0 Å². The lowest BCUT2D eigenvalue weighted by atomic mass is 10.1. The minimum Gasteiger partial charge on any atom is -0.312 e. The molecule has 15 heavy (non-hydrogen) atoms. The summed E-state index contributed by atoms with van der Waals surface area (Å²) in [4.78, 5) is 1.14. The van der Waals surface area contributed by atoms with Crippen LogP contribution >= 0.6 is 11.5 Å². The van der Waals surface area contributed by atoms with E-state index >= 15 is 0 Å². The zero-order valence-corrected chi connectivity index (χ0v) is 9.53. The van der Waals surface area contributed by atoms with Gasteiger partial charge in [-0.25, -0.2) is 0 Å². The number of hydrogen-bond donors (Lipinski definition) is 1. The topological polar surface area (TPSA) is 55.6 Å². The predicted octanol–water partition coefficient (Wildman–Crippen LogP) is 0.775. The van der Waals surface area contributed by atoms with Gasteiger partial charge in [-0.15, -0.1) is 5.10 Å². The van der Waals surface area contributed by atoms with Crippen LogP contribution in [0.3, 0.4) is 0 Å². The molecule has 0 aliphatic carbocycles. The minimum absolute atomic E-state index is 0.250. The fraction of sp³-hybridized carbons (Fsp3) is 0.444. The highest BCUT2D eigenvalue weighted by Gasteiger charge is 2.13. The van der Waals surface area contributed by atoms with E-state index < -0.39 is 0 Å². The summed E-state index contributed by atoms with van der Waals surface area (Å²) in [5.41, 5.74) is 1.07. The van der Waals surface area contributed by atoms with Crippen molar-refractivity contribution in [1.82, 2.24) is 24.7 Å². The van der Waals surface area contributed by atoms with E-state index in [1.807, 2.05) is 31.0 Å². The highest BCUT2D eigenvalue weighted by Crippen LogP contribution is 2.18. The number of aromatic nitrogens is 4. The van der Waals surface area contributed by atoms with E-state index in [1.54, 1.807) is 6.20 Å². The molecule has 5 nitrogen and oxygen atoms in total. The van der Waals surface area contributed by atoms with Gasteiger partial charge in [0, 0.05) is 19.7 Å². The third kappa shape index (κ3) is 2.40. The zero-order chi connectivity index (χ0) is 10.7. The molecule has 0 bridgehead atoms. The highest BCUT2D eigenvalue weighted by molar-refractivity contribution is 7.05. The Morgan fingerprint density at radius 3 is 3.00 bits per heavy atom. The molecule has 0 aliphatic heterocycles. The molecule has 0 amide bonds. The molecule has 0 fully saturated rings. The maximum absolute atomic E-state index is 4.35. The molecule has 2 aromatic rings. The molecular weight excluding hydrogens is 210 g/mol. The van der Waals surface area contributed by atoms with Crippen LogP contribution in [0, 0.1) is 0 Å². The summed E-state index contributed by atoms with van der Waals surface area (Å²) in [5.74, 6) is 0. The molecule has 2 rings (SSSR count). The Hall–Kier alpha value is -1.27. The van der Waals surface area contributed by atoms with Gasteiger partial charge in [-0.05, 0) is 24.6 Å². The van der Waals surface area contributed by atoms with Crippen molar-refractivity contribution in [3.05, 3.63) is 29.0 Å². The van der Waals surface area contributed by atoms with Crippen molar-refractivity contribution in [2.45, 2.75) is 12.5 Å². The summed E-state index contributed by atoms with van der Waals surface area (Å²) >= 11 is 1.42. The SMILES string of the molecule is CNC(Cc1ccn(C)n1)c1cnns1. The van der Waals surface area contributed by atoms with Gasteiger partial charge in [0.25, 0.3) is 0 Å².